The molecule has 5 rings (SSSR count). The van der Waals surface area contributed by atoms with Gasteiger partial charge in [-0.2, -0.15) is 0 Å². The predicted octanol–water partition coefficient (Wildman–Crippen LogP) is 4.37. The first-order valence-electron chi connectivity index (χ1n) is 14.1. The van der Waals surface area contributed by atoms with E-state index in [-0.39, 0.29) is 28.5 Å². The zero-order valence-electron chi connectivity index (χ0n) is 21.9. The van der Waals surface area contributed by atoms with Crippen LogP contribution >= 0.6 is 0 Å². The third-order valence-electron chi connectivity index (χ3n) is 9.13. The van der Waals surface area contributed by atoms with Gasteiger partial charge in [0.15, 0.2) is 0 Å². The average molecular weight is 538 g/mol. The zero-order valence-corrected chi connectivity index (χ0v) is 22.7. The fourth-order valence-electron chi connectivity index (χ4n) is 7.14. The van der Waals surface area contributed by atoms with E-state index in [1.54, 1.807) is 18.2 Å². The molecule has 0 aliphatic heterocycles. The lowest BCUT2D eigenvalue weighted by atomic mass is 9.78. The molecular weight excluding hydrogens is 498 g/mol. The molecule has 3 saturated carbocycles. The highest BCUT2D eigenvalue weighted by atomic mass is 32.2. The molecule has 2 aromatic rings. The normalized spacial score (nSPS) is 27.0. The molecule has 3 unspecified atom stereocenters. The molecule has 0 radical (unpaired) electrons. The summed E-state index contributed by atoms with van der Waals surface area (Å²) < 4.78 is 23.9. The minimum atomic E-state index is -3.84. The number of rotatable bonds is 8. The molecule has 3 aliphatic carbocycles. The second-order valence-corrected chi connectivity index (χ2v) is 12.9. The first-order chi connectivity index (χ1) is 18.3. The Balaban J connectivity index is 1.14. The highest BCUT2D eigenvalue weighted by Gasteiger charge is 2.40. The molecule has 2 amide bonds. The van der Waals surface area contributed by atoms with Gasteiger partial charge < -0.3 is 10.6 Å². The lowest BCUT2D eigenvalue weighted by Crippen LogP contribution is -2.41. The van der Waals surface area contributed by atoms with E-state index in [2.05, 4.69) is 10.6 Å². The molecule has 2 aromatic carbocycles. The van der Waals surface area contributed by atoms with Crippen LogP contribution in [0.2, 0.25) is 0 Å². The van der Waals surface area contributed by atoms with Crippen LogP contribution in [0, 0.1) is 29.6 Å². The monoisotopic (exact) mass is 537 g/mol. The molecule has 0 heterocycles. The van der Waals surface area contributed by atoms with E-state index in [1.165, 1.54) is 44.6 Å². The van der Waals surface area contributed by atoms with E-state index in [4.69, 9.17) is 5.14 Å². The van der Waals surface area contributed by atoms with Crippen molar-refractivity contribution in [2.75, 3.05) is 6.54 Å². The minimum Gasteiger partial charge on any atom is -0.356 e. The number of nitrogens with one attached hydrogen (secondary N) is 2. The predicted molar refractivity (Wildman–Crippen MR) is 147 cm³/mol. The quantitative estimate of drug-likeness (QED) is 0.463. The number of hydrogen-bond donors (Lipinski definition) is 3. The molecule has 3 aliphatic rings. The Hall–Kier alpha value is -2.71. The Morgan fingerprint density at radius 3 is 2.21 bits per heavy atom. The number of primary sulfonamides is 1. The van der Waals surface area contributed by atoms with Gasteiger partial charge in [0, 0.05) is 30.5 Å². The van der Waals surface area contributed by atoms with Crippen molar-refractivity contribution in [2.24, 2.45) is 34.7 Å². The Morgan fingerprint density at radius 2 is 1.47 bits per heavy atom. The minimum absolute atomic E-state index is 0.0415. The third-order valence-corrected chi connectivity index (χ3v) is 10.1. The number of benzene rings is 2. The molecule has 3 fully saturated rings. The van der Waals surface area contributed by atoms with Crippen molar-refractivity contribution in [2.45, 2.75) is 69.2 Å². The van der Waals surface area contributed by atoms with Crippen molar-refractivity contribution in [1.82, 2.24) is 10.6 Å². The van der Waals surface area contributed by atoms with E-state index < -0.39 is 10.0 Å². The van der Waals surface area contributed by atoms with E-state index in [0.29, 0.717) is 18.0 Å². The molecular formula is C30H39N3O4S. The van der Waals surface area contributed by atoms with Gasteiger partial charge in [0.25, 0.3) is 0 Å². The SMILES string of the molecule is NS(=O)(=O)c1ccccc1-c1ccc(CNC(=O)C2CCC[C@H]2C(=O)NCC2CCC3CCCC[C@H]32)cc1. The van der Waals surface area contributed by atoms with Crippen LogP contribution in [0.25, 0.3) is 11.1 Å². The maximum Gasteiger partial charge on any atom is 0.238 e. The molecule has 0 bridgehead atoms. The maximum atomic E-state index is 13.1. The van der Waals surface area contributed by atoms with Gasteiger partial charge in [-0.15, -0.1) is 0 Å². The molecule has 38 heavy (non-hydrogen) atoms. The molecule has 4 N–H and O–H groups in total. The Morgan fingerprint density at radius 1 is 0.789 bits per heavy atom. The number of sulfonamides is 1. The van der Waals surface area contributed by atoms with Crippen LogP contribution in [-0.2, 0) is 26.2 Å². The van der Waals surface area contributed by atoms with Crippen molar-refractivity contribution < 1.29 is 18.0 Å². The van der Waals surface area contributed by atoms with Crippen LogP contribution in [0.1, 0.15) is 63.4 Å². The number of carbonyl (C=O) groups is 2. The van der Waals surface area contributed by atoms with Gasteiger partial charge >= 0.3 is 0 Å². The summed E-state index contributed by atoms with van der Waals surface area (Å²) in [6.45, 7) is 1.11. The van der Waals surface area contributed by atoms with E-state index in [1.807, 2.05) is 24.3 Å². The number of amides is 2. The van der Waals surface area contributed by atoms with E-state index in [9.17, 15) is 18.0 Å². The van der Waals surface area contributed by atoms with Crippen molar-refractivity contribution in [3.8, 4) is 11.1 Å². The topological polar surface area (TPSA) is 118 Å². The van der Waals surface area contributed by atoms with Crippen LogP contribution in [-0.4, -0.2) is 26.8 Å². The number of hydrogen-bond acceptors (Lipinski definition) is 4. The van der Waals surface area contributed by atoms with E-state index in [0.717, 1.165) is 48.8 Å². The maximum absolute atomic E-state index is 13.1. The molecule has 0 saturated heterocycles. The van der Waals surface area contributed by atoms with Gasteiger partial charge in [0.1, 0.15) is 0 Å². The average Bonchev–Trinajstić information content (AvgIpc) is 3.58. The fourth-order valence-corrected chi connectivity index (χ4v) is 7.90. The largest absolute Gasteiger partial charge is 0.356 e. The number of fused-ring (bicyclic) bond motifs is 1. The standard InChI is InChI=1S/C30H39N3O4S/c31-38(36,37)28-11-4-3-8-25(28)22-14-12-20(13-15-22)18-32-29(34)26-9-5-10-27(26)30(35)33-19-23-17-16-21-6-1-2-7-24(21)23/h3-4,8,11-15,21,23-24,26-27H,1-2,5-7,9-10,16-19H2,(H,32,34)(H,33,35)(H2,31,36,37)/t21?,23?,24-,26?,27-/m1/s1. The first kappa shape index (κ1) is 26.9. The lowest BCUT2D eigenvalue weighted by molar-refractivity contribution is -0.133. The first-order valence-corrected chi connectivity index (χ1v) is 15.6. The molecule has 7 nitrogen and oxygen atoms in total. The van der Waals surface area contributed by atoms with E-state index >= 15 is 0 Å². The highest BCUT2D eigenvalue weighted by molar-refractivity contribution is 7.89. The number of nitrogens with two attached hydrogens (primary N) is 1. The molecule has 0 spiro atoms. The second kappa shape index (κ2) is 11.6. The van der Waals surface area contributed by atoms with Crippen LogP contribution in [0.15, 0.2) is 53.4 Å². The van der Waals surface area contributed by atoms with Crippen LogP contribution in [0.3, 0.4) is 0 Å². The summed E-state index contributed by atoms with van der Waals surface area (Å²) in [5.74, 6) is 1.65. The summed E-state index contributed by atoms with van der Waals surface area (Å²) in [6.07, 6.45) is 10.3. The van der Waals surface area contributed by atoms with Crippen molar-refractivity contribution in [1.29, 1.82) is 0 Å². The Bertz CT molecular complexity index is 1260. The van der Waals surface area contributed by atoms with Crippen molar-refractivity contribution in [3.05, 3.63) is 54.1 Å². The van der Waals surface area contributed by atoms with Crippen molar-refractivity contribution in [3.63, 3.8) is 0 Å². The summed E-state index contributed by atoms with van der Waals surface area (Å²) >= 11 is 0. The van der Waals surface area contributed by atoms with Gasteiger partial charge in [-0.25, -0.2) is 13.6 Å². The molecule has 0 aromatic heterocycles. The third kappa shape index (κ3) is 5.96. The van der Waals surface area contributed by atoms with Crippen LogP contribution < -0.4 is 15.8 Å². The van der Waals surface area contributed by atoms with Gasteiger partial charge in [-0.3, -0.25) is 9.59 Å². The molecule has 5 atom stereocenters. The summed E-state index contributed by atoms with van der Waals surface area (Å²) in [7, 11) is -3.84. The fraction of sp³-hybridized carbons (Fsp3) is 0.533. The second-order valence-electron chi connectivity index (χ2n) is 11.4. The summed E-state index contributed by atoms with van der Waals surface area (Å²) in [6, 6.07) is 14.0. The Kier molecular flexibility index (Phi) is 8.19. The zero-order chi connectivity index (χ0) is 26.7. The summed E-state index contributed by atoms with van der Waals surface area (Å²) in [5.41, 5.74) is 2.18. The summed E-state index contributed by atoms with van der Waals surface area (Å²) in [4.78, 5) is 26.2. The van der Waals surface area contributed by atoms with Gasteiger partial charge in [-0.05, 0) is 67.1 Å². The van der Waals surface area contributed by atoms with Crippen molar-refractivity contribution >= 4 is 21.8 Å². The number of carbonyl (C=O) groups excluding carboxylic acids is 2. The van der Waals surface area contributed by atoms with Gasteiger partial charge in [0.05, 0.1) is 4.90 Å². The van der Waals surface area contributed by atoms with Gasteiger partial charge in [0.2, 0.25) is 21.8 Å². The molecule has 8 heteroatoms. The van der Waals surface area contributed by atoms with Crippen LogP contribution in [0.4, 0.5) is 0 Å². The van der Waals surface area contributed by atoms with Crippen LogP contribution in [0.5, 0.6) is 0 Å². The highest BCUT2D eigenvalue weighted by Crippen LogP contribution is 2.45. The van der Waals surface area contributed by atoms with Gasteiger partial charge in [-0.1, -0.05) is 68.1 Å². The molecule has 204 valence electrons. The Labute approximate surface area is 226 Å². The smallest absolute Gasteiger partial charge is 0.238 e. The summed E-state index contributed by atoms with van der Waals surface area (Å²) in [5, 5.41) is 11.6. The lowest BCUT2D eigenvalue weighted by Gasteiger charge is -2.29.